The van der Waals surface area contributed by atoms with Gasteiger partial charge in [0.1, 0.15) is 0 Å². The van der Waals surface area contributed by atoms with Crippen LogP contribution in [0.4, 0.5) is 0 Å². The number of para-hydroxylation sites is 1. The van der Waals surface area contributed by atoms with Crippen LogP contribution < -0.4 is 4.74 Å². The van der Waals surface area contributed by atoms with E-state index in [9.17, 15) is 0 Å². The van der Waals surface area contributed by atoms with Crippen molar-refractivity contribution in [1.82, 2.24) is 0 Å². The molecule has 2 rings (SSSR count). The number of fused-ring (bicyclic) bond motifs is 1. The van der Waals surface area contributed by atoms with E-state index in [1.54, 1.807) is 0 Å². The number of furan rings is 1. The van der Waals surface area contributed by atoms with Crippen LogP contribution in [0.1, 0.15) is 12.5 Å². The van der Waals surface area contributed by atoms with Crippen molar-refractivity contribution in [2.45, 2.75) is 13.8 Å². The quantitative estimate of drug-likeness (QED) is 0.811. The van der Waals surface area contributed by atoms with E-state index in [2.05, 4.69) is 15.9 Å². The van der Waals surface area contributed by atoms with Gasteiger partial charge in [-0.15, -0.1) is 0 Å². The largest absolute Gasteiger partial charge is 0.490 e. The Morgan fingerprint density at radius 3 is 2.93 bits per heavy atom. The summed E-state index contributed by atoms with van der Waals surface area (Å²) in [5.41, 5.74) is 1.93. The maximum atomic E-state index is 5.57. The first-order chi connectivity index (χ1) is 6.74. The van der Waals surface area contributed by atoms with Gasteiger partial charge in [0.15, 0.2) is 16.0 Å². The summed E-state index contributed by atoms with van der Waals surface area (Å²) in [5, 5.41) is 1.10. The highest BCUT2D eigenvalue weighted by Crippen LogP contribution is 2.34. The molecule has 0 radical (unpaired) electrons. The second kappa shape index (κ2) is 3.65. The normalized spacial score (nSPS) is 10.8. The van der Waals surface area contributed by atoms with Gasteiger partial charge in [0.25, 0.3) is 0 Å². The minimum absolute atomic E-state index is 0.649. The Morgan fingerprint density at radius 1 is 1.43 bits per heavy atom. The highest BCUT2D eigenvalue weighted by molar-refractivity contribution is 9.10. The molecule has 0 N–H and O–H groups in total. The van der Waals surface area contributed by atoms with E-state index in [1.807, 2.05) is 32.0 Å². The Bertz CT molecular complexity index is 460. The molecule has 14 heavy (non-hydrogen) atoms. The summed E-state index contributed by atoms with van der Waals surface area (Å²) < 4.78 is 11.8. The smallest absolute Gasteiger partial charge is 0.177 e. The van der Waals surface area contributed by atoms with Gasteiger partial charge in [0.05, 0.1) is 6.61 Å². The maximum absolute atomic E-state index is 5.57. The van der Waals surface area contributed by atoms with Crippen molar-refractivity contribution < 1.29 is 9.15 Å². The summed E-state index contributed by atoms with van der Waals surface area (Å²) in [6, 6.07) is 5.92. The van der Waals surface area contributed by atoms with Crippen molar-refractivity contribution in [3.8, 4) is 5.75 Å². The number of ether oxygens (including phenoxy) is 1. The minimum atomic E-state index is 0.649. The molecular formula is C11H11BrO2. The first-order valence-electron chi connectivity index (χ1n) is 4.54. The summed E-state index contributed by atoms with van der Waals surface area (Å²) in [7, 11) is 0. The summed E-state index contributed by atoms with van der Waals surface area (Å²) >= 11 is 3.37. The van der Waals surface area contributed by atoms with Crippen LogP contribution in [0.25, 0.3) is 11.0 Å². The fourth-order valence-corrected chi connectivity index (χ4v) is 1.83. The lowest BCUT2D eigenvalue weighted by atomic mass is 10.2. The second-order valence-corrected chi connectivity index (χ2v) is 3.79. The standard InChI is InChI=1S/C11H11BrO2/c1-3-13-9-6-4-5-8-7(2)11(12)14-10(8)9/h4-6H,3H2,1-2H3. The average Bonchev–Trinajstić information content (AvgIpc) is 2.46. The van der Waals surface area contributed by atoms with Crippen molar-refractivity contribution in [2.75, 3.05) is 6.61 Å². The van der Waals surface area contributed by atoms with Crippen LogP contribution in [-0.4, -0.2) is 6.61 Å². The number of hydrogen-bond acceptors (Lipinski definition) is 2. The molecule has 3 heteroatoms. The third-order valence-electron chi connectivity index (χ3n) is 2.17. The number of hydrogen-bond donors (Lipinski definition) is 0. The van der Waals surface area contributed by atoms with Crippen molar-refractivity contribution in [2.24, 2.45) is 0 Å². The predicted octanol–water partition coefficient (Wildman–Crippen LogP) is 3.90. The van der Waals surface area contributed by atoms with Crippen molar-refractivity contribution in [3.05, 3.63) is 28.4 Å². The zero-order valence-corrected chi connectivity index (χ0v) is 9.72. The first-order valence-corrected chi connectivity index (χ1v) is 5.33. The number of aryl methyl sites for hydroxylation is 1. The Morgan fingerprint density at radius 2 is 2.21 bits per heavy atom. The van der Waals surface area contributed by atoms with Gasteiger partial charge in [-0.05, 0) is 35.8 Å². The molecule has 0 saturated carbocycles. The molecule has 1 aromatic heterocycles. The van der Waals surface area contributed by atoms with E-state index in [0.717, 1.165) is 27.0 Å². The van der Waals surface area contributed by atoms with Gasteiger partial charge in [-0.2, -0.15) is 0 Å². The van der Waals surface area contributed by atoms with Crippen LogP contribution in [-0.2, 0) is 0 Å². The van der Waals surface area contributed by atoms with Crippen molar-refractivity contribution in [1.29, 1.82) is 0 Å². The lowest BCUT2D eigenvalue weighted by molar-refractivity contribution is 0.338. The Hall–Kier alpha value is -0.960. The highest BCUT2D eigenvalue weighted by atomic mass is 79.9. The molecule has 74 valence electrons. The van der Waals surface area contributed by atoms with E-state index >= 15 is 0 Å². The van der Waals surface area contributed by atoms with Crippen LogP contribution in [0.5, 0.6) is 5.75 Å². The first kappa shape index (κ1) is 9.59. The van der Waals surface area contributed by atoms with Gasteiger partial charge in [0, 0.05) is 10.9 Å². The van der Waals surface area contributed by atoms with Gasteiger partial charge in [-0.1, -0.05) is 12.1 Å². The Labute approximate surface area is 91.0 Å². The Kier molecular flexibility index (Phi) is 2.50. The highest BCUT2D eigenvalue weighted by Gasteiger charge is 2.11. The molecule has 0 unspecified atom stereocenters. The molecule has 0 aliphatic rings. The van der Waals surface area contributed by atoms with Gasteiger partial charge < -0.3 is 9.15 Å². The van der Waals surface area contributed by atoms with Gasteiger partial charge in [-0.3, -0.25) is 0 Å². The monoisotopic (exact) mass is 254 g/mol. The minimum Gasteiger partial charge on any atom is -0.490 e. The summed E-state index contributed by atoms with van der Waals surface area (Å²) in [4.78, 5) is 0. The van der Waals surface area contributed by atoms with Crippen LogP contribution in [0.15, 0.2) is 27.3 Å². The van der Waals surface area contributed by atoms with E-state index in [-0.39, 0.29) is 0 Å². The number of rotatable bonds is 2. The van der Waals surface area contributed by atoms with E-state index < -0.39 is 0 Å². The zero-order chi connectivity index (χ0) is 10.1. The molecule has 0 amide bonds. The van der Waals surface area contributed by atoms with Crippen molar-refractivity contribution in [3.63, 3.8) is 0 Å². The molecule has 0 aliphatic carbocycles. The lowest BCUT2D eigenvalue weighted by Gasteiger charge is -2.02. The van der Waals surface area contributed by atoms with Gasteiger partial charge in [-0.25, -0.2) is 0 Å². The van der Waals surface area contributed by atoms with Crippen LogP contribution >= 0.6 is 15.9 Å². The fourth-order valence-electron chi connectivity index (χ4n) is 1.46. The molecule has 1 aromatic carbocycles. The number of halogens is 1. The molecule has 0 fully saturated rings. The molecule has 0 saturated heterocycles. The zero-order valence-electron chi connectivity index (χ0n) is 8.13. The third-order valence-corrected chi connectivity index (χ3v) is 2.93. The summed E-state index contributed by atoms with van der Waals surface area (Å²) in [6.07, 6.45) is 0. The van der Waals surface area contributed by atoms with Crippen LogP contribution in [0.2, 0.25) is 0 Å². The van der Waals surface area contributed by atoms with E-state index in [4.69, 9.17) is 9.15 Å². The molecule has 0 atom stereocenters. The molecule has 2 nitrogen and oxygen atoms in total. The predicted molar refractivity (Wildman–Crippen MR) is 59.8 cm³/mol. The molecule has 0 bridgehead atoms. The lowest BCUT2D eigenvalue weighted by Crippen LogP contribution is -1.90. The Balaban J connectivity index is 2.68. The molecule has 1 heterocycles. The molecule has 0 spiro atoms. The maximum Gasteiger partial charge on any atom is 0.177 e. The molecular weight excluding hydrogens is 244 g/mol. The van der Waals surface area contributed by atoms with Crippen LogP contribution in [0, 0.1) is 6.92 Å². The van der Waals surface area contributed by atoms with E-state index in [0.29, 0.717) is 6.61 Å². The fraction of sp³-hybridized carbons (Fsp3) is 0.273. The number of benzene rings is 1. The molecule has 0 aliphatic heterocycles. The second-order valence-electron chi connectivity index (χ2n) is 3.07. The third kappa shape index (κ3) is 1.42. The van der Waals surface area contributed by atoms with E-state index in [1.165, 1.54) is 0 Å². The summed E-state index contributed by atoms with van der Waals surface area (Å²) in [5.74, 6) is 0.804. The van der Waals surface area contributed by atoms with Crippen molar-refractivity contribution >= 4 is 26.9 Å². The van der Waals surface area contributed by atoms with Gasteiger partial charge in [0.2, 0.25) is 0 Å². The average molecular weight is 255 g/mol. The molecule has 2 aromatic rings. The topological polar surface area (TPSA) is 22.4 Å². The van der Waals surface area contributed by atoms with Crippen LogP contribution in [0.3, 0.4) is 0 Å². The van der Waals surface area contributed by atoms with Gasteiger partial charge >= 0.3 is 0 Å². The SMILES string of the molecule is CCOc1cccc2c(C)c(Br)oc12. The summed E-state index contributed by atoms with van der Waals surface area (Å²) in [6.45, 7) is 4.63.